The number of methoxy groups -OCH3 is 1. The Morgan fingerprint density at radius 1 is 1.40 bits per heavy atom. The Kier molecular flexibility index (Phi) is 3.44. The topological polar surface area (TPSA) is 63.6 Å². The zero-order valence-corrected chi connectivity index (χ0v) is 8.61. The summed E-state index contributed by atoms with van der Waals surface area (Å²) in [6, 6.07) is 4.53. The number of aromatic carboxylic acids is 1. The van der Waals surface area contributed by atoms with Gasteiger partial charge in [-0.1, -0.05) is 13.0 Å². The van der Waals surface area contributed by atoms with Crippen LogP contribution in [0.1, 0.15) is 34.1 Å². The predicted octanol–water partition coefficient (Wildman–Crippen LogP) is 1.99. The second-order valence-corrected chi connectivity index (χ2v) is 2.96. The molecule has 0 spiro atoms. The monoisotopic (exact) mass is 208 g/mol. The van der Waals surface area contributed by atoms with Crippen LogP contribution in [0.4, 0.5) is 0 Å². The maximum atomic E-state index is 11.6. The van der Waals surface area contributed by atoms with Gasteiger partial charge in [-0.25, -0.2) is 4.79 Å². The summed E-state index contributed by atoms with van der Waals surface area (Å²) in [5, 5.41) is 8.92. The molecule has 0 fully saturated rings. The van der Waals surface area contributed by atoms with Gasteiger partial charge < -0.3 is 9.84 Å². The van der Waals surface area contributed by atoms with E-state index in [0.717, 1.165) is 0 Å². The Morgan fingerprint density at radius 3 is 2.53 bits per heavy atom. The van der Waals surface area contributed by atoms with Gasteiger partial charge in [0.1, 0.15) is 5.75 Å². The Balaban J connectivity index is 3.40. The molecule has 4 heteroatoms. The Bertz CT molecular complexity index is 396. The van der Waals surface area contributed by atoms with Crippen LogP contribution < -0.4 is 4.74 Å². The highest BCUT2D eigenvalue weighted by Gasteiger charge is 2.19. The smallest absolute Gasteiger partial charge is 0.336 e. The zero-order chi connectivity index (χ0) is 11.4. The fourth-order valence-corrected chi connectivity index (χ4v) is 1.34. The highest BCUT2D eigenvalue weighted by Crippen LogP contribution is 2.23. The molecule has 0 radical (unpaired) electrons. The van der Waals surface area contributed by atoms with Gasteiger partial charge in [0.05, 0.1) is 18.2 Å². The molecule has 0 unspecified atom stereocenters. The van der Waals surface area contributed by atoms with Crippen molar-refractivity contribution < 1.29 is 19.4 Å². The molecule has 0 heterocycles. The number of carboxylic acids is 1. The molecule has 1 N–H and O–H groups in total. The number of carbonyl (C=O) groups is 2. The molecule has 1 rings (SSSR count). The van der Waals surface area contributed by atoms with Crippen LogP contribution in [0.3, 0.4) is 0 Å². The van der Waals surface area contributed by atoms with E-state index in [1.807, 2.05) is 0 Å². The van der Waals surface area contributed by atoms with E-state index in [4.69, 9.17) is 9.84 Å². The van der Waals surface area contributed by atoms with Crippen molar-refractivity contribution in [1.82, 2.24) is 0 Å². The molecule has 0 bridgehead atoms. The highest BCUT2D eigenvalue weighted by molar-refractivity contribution is 6.07. The minimum Gasteiger partial charge on any atom is -0.496 e. The summed E-state index contributed by atoms with van der Waals surface area (Å²) in [6.45, 7) is 1.68. The number of carbonyl (C=O) groups excluding carboxylic acids is 1. The molecule has 0 saturated carbocycles. The summed E-state index contributed by atoms with van der Waals surface area (Å²) < 4.78 is 4.97. The molecule has 4 nitrogen and oxygen atoms in total. The van der Waals surface area contributed by atoms with Gasteiger partial charge in [-0.05, 0) is 12.1 Å². The van der Waals surface area contributed by atoms with Crippen LogP contribution in [0.2, 0.25) is 0 Å². The van der Waals surface area contributed by atoms with Gasteiger partial charge in [-0.3, -0.25) is 4.79 Å². The molecular formula is C11H12O4. The van der Waals surface area contributed by atoms with Crippen molar-refractivity contribution in [3.8, 4) is 5.75 Å². The molecule has 0 atom stereocenters. The number of hydrogen-bond acceptors (Lipinski definition) is 3. The Morgan fingerprint density at radius 2 is 2.07 bits per heavy atom. The molecule has 15 heavy (non-hydrogen) atoms. The molecule has 0 aromatic heterocycles. The average molecular weight is 208 g/mol. The Labute approximate surface area is 87.5 Å². The van der Waals surface area contributed by atoms with E-state index < -0.39 is 5.97 Å². The van der Waals surface area contributed by atoms with E-state index in [-0.39, 0.29) is 23.3 Å². The van der Waals surface area contributed by atoms with Gasteiger partial charge in [0, 0.05) is 6.42 Å². The molecular weight excluding hydrogens is 196 g/mol. The van der Waals surface area contributed by atoms with E-state index in [1.165, 1.54) is 13.2 Å². The van der Waals surface area contributed by atoms with Crippen LogP contribution in [0.25, 0.3) is 0 Å². The van der Waals surface area contributed by atoms with E-state index in [9.17, 15) is 9.59 Å². The molecule has 0 aliphatic carbocycles. The number of benzene rings is 1. The van der Waals surface area contributed by atoms with Crippen LogP contribution >= 0.6 is 0 Å². The molecule has 0 amide bonds. The van der Waals surface area contributed by atoms with E-state index in [0.29, 0.717) is 5.75 Å². The van der Waals surface area contributed by atoms with Crippen molar-refractivity contribution >= 4 is 11.8 Å². The predicted molar refractivity (Wildman–Crippen MR) is 54.6 cm³/mol. The maximum Gasteiger partial charge on any atom is 0.336 e. The third kappa shape index (κ3) is 2.15. The summed E-state index contributed by atoms with van der Waals surface area (Å²) in [5.74, 6) is -1.04. The number of hydrogen-bond donors (Lipinski definition) is 1. The molecule has 1 aromatic rings. The summed E-state index contributed by atoms with van der Waals surface area (Å²) >= 11 is 0. The molecule has 1 aromatic carbocycles. The average Bonchev–Trinajstić information content (AvgIpc) is 2.26. The molecule has 0 saturated heterocycles. The van der Waals surface area contributed by atoms with E-state index in [2.05, 4.69) is 0 Å². The number of ketones is 1. The number of Topliss-reactive ketones (excluding diaryl/α,β-unsaturated/α-hetero) is 1. The first-order valence-corrected chi connectivity index (χ1v) is 4.55. The van der Waals surface area contributed by atoms with Gasteiger partial charge >= 0.3 is 5.97 Å². The standard InChI is InChI=1S/C11H12O4/c1-3-8(12)10-7(11(13)14)5-4-6-9(10)15-2/h4-6H,3H2,1-2H3,(H,13,14). The fraction of sp³-hybridized carbons (Fsp3) is 0.273. The molecule has 0 aliphatic rings. The van der Waals surface area contributed by atoms with Gasteiger partial charge in [-0.2, -0.15) is 0 Å². The number of carboxylic acid groups (broad SMARTS) is 1. The summed E-state index contributed by atoms with van der Waals surface area (Å²) in [5.41, 5.74) is 0.135. The Hall–Kier alpha value is -1.84. The highest BCUT2D eigenvalue weighted by atomic mass is 16.5. The molecule has 0 aliphatic heterocycles. The van der Waals surface area contributed by atoms with Crippen LogP contribution in [0.15, 0.2) is 18.2 Å². The first kappa shape index (κ1) is 11.2. The van der Waals surface area contributed by atoms with Gasteiger partial charge in [0.15, 0.2) is 5.78 Å². The number of rotatable bonds is 4. The second-order valence-electron chi connectivity index (χ2n) is 2.96. The largest absolute Gasteiger partial charge is 0.496 e. The van der Waals surface area contributed by atoms with Crippen LogP contribution in [-0.4, -0.2) is 24.0 Å². The van der Waals surface area contributed by atoms with Crippen molar-refractivity contribution in [1.29, 1.82) is 0 Å². The number of ether oxygens (including phenoxy) is 1. The minimum atomic E-state index is -1.12. The summed E-state index contributed by atoms with van der Waals surface area (Å²) in [6.07, 6.45) is 0.251. The van der Waals surface area contributed by atoms with E-state index >= 15 is 0 Å². The normalized spacial score (nSPS) is 9.73. The van der Waals surface area contributed by atoms with Gasteiger partial charge in [0.2, 0.25) is 0 Å². The SMILES string of the molecule is CCC(=O)c1c(OC)cccc1C(=O)O. The lowest BCUT2D eigenvalue weighted by Gasteiger charge is -2.09. The maximum absolute atomic E-state index is 11.6. The third-order valence-corrected chi connectivity index (χ3v) is 2.08. The van der Waals surface area contributed by atoms with Crippen molar-refractivity contribution in [3.63, 3.8) is 0 Å². The van der Waals surface area contributed by atoms with Crippen LogP contribution in [0.5, 0.6) is 5.75 Å². The quantitative estimate of drug-likeness (QED) is 0.768. The zero-order valence-electron chi connectivity index (χ0n) is 8.61. The van der Waals surface area contributed by atoms with Crippen molar-refractivity contribution in [2.45, 2.75) is 13.3 Å². The third-order valence-electron chi connectivity index (χ3n) is 2.08. The minimum absolute atomic E-state index is 0.0128. The van der Waals surface area contributed by atoms with Gasteiger partial charge in [0.25, 0.3) is 0 Å². The van der Waals surface area contributed by atoms with E-state index in [1.54, 1.807) is 19.1 Å². The lowest BCUT2D eigenvalue weighted by atomic mass is 10.0. The summed E-state index contributed by atoms with van der Waals surface area (Å²) in [4.78, 5) is 22.5. The van der Waals surface area contributed by atoms with Crippen LogP contribution in [-0.2, 0) is 0 Å². The van der Waals surface area contributed by atoms with Crippen molar-refractivity contribution in [3.05, 3.63) is 29.3 Å². The lowest BCUT2D eigenvalue weighted by molar-refractivity contribution is 0.0691. The molecule has 80 valence electrons. The second kappa shape index (κ2) is 4.59. The van der Waals surface area contributed by atoms with Crippen molar-refractivity contribution in [2.75, 3.05) is 7.11 Å². The fourth-order valence-electron chi connectivity index (χ4n) is 1.34. The summed E-state index contributed by atoms with van der Waals surface area (Å²) in [7, 11) is 1.41. The first-order valence-electron chi connectivity index (χ1n) is 4.55. The van der Waals surface area contributed by atoms with Gasteiger partial charge in [-0.15, -0.1) is 0 Å². The first-order chi connectivity index (χ1) is 7.11. The van der Waals surface area contributed by atoms with Crippen molar-refractivity contribution in [2.24, 2.45) is 0 Å². The lowest BCUT2D eigenvalue weighted by Crippen LogP contribution is -2.09. The van der Waals surface area contributed by atoms with Crippen LogP contribution in [0, 0.1) is 0 Å².